The minimum atomic E-state index is -0.580. The fourth-order valence-corrected chi connectivity index (χ4v) is 3.17. The summed E-state index contributed by atoms with van der Waals surface area (Å²) in [5.74, 6) is -0.0592. The first-order valence-electron chi connectivity index (χ1n) is 6.80. The largest absolute Gasteiger partial charge is 0.394 e. The highest BCUT2D eigenvalue weighted by atomic mass is 32.1. The molecule has 1 aromatic heterocycles. The van der Waals surface area contributed by atoms with E-state index in [4.69, 9.17) is 0 Å². The Bertz CT molecular complexity index is 475. The summed E-state index contributed by atoms with van der Waals surface area (Å²) in [4.78, 5) is 26.6. The molecule has 0 saturated carbocycles. The van der Waals surface area contributed by atoms with Crippen molar-refractivity contribution in [3.63, 3.8) is 0 Å². The van der Waals surface area contributed by atoms with E-state index in [9.17, 15) is 14.7 Å². The van der Waals surface area contributed by atoms with Crippen molar-refractivity contribution in [1.29, 1.82) is 0 Å². The Kier molecular flexibility index (Phi) is 4.77. The van der Waals surface area contributed by atoms with Crippen LogP contribution in [0.1, 0.15) is 29.9 Å². The summed E-state index contributed by atoms with van der Waals surface area (Å²) >= 11 is 1.35. The van der Waals surface area contributed by atoms with Crippen LogP contribution in [0.4, 0.5) is 0 Å². The summed E-state index contributed by atoms with van der Waals surface area (Å²) in [6, 6.07) is 2.81. The van der Waals surface area contributed by atoms with Gasteiger partial charge in [-0.3, -0.25) is 9.59 Å². The van der Waals surface area contributed by atoms with Crippen molar-refractivity contribution in [2.75, 3.05) is 13.2 Å². The third kappa shape index (κ3) is 3.02. The molecular weight excluding hydrogens is 276 g/mol. The predicted octanol–water partition coefficient (Wildman–Crippen LogP) is 1.10. The lowest BCUT2D eigenvalue weighted by Crippen LogP contribution is -2.50. The monoisotopic (exact) mass is 296 g/mol. The number of carbonyl (C=O) groups excluding carboxylic acids is 2. The molecule has 2 rings (SSSR count). The molecule has 0 aliphatic carbocycles. The number of likely N-dealkylation sites (tertiary alicyclic amines) is 1. The van der Waals surface area contributed by atoms with Gasteiger partial charge < -0.3 is 15.3 Å². The minimum absolute atomic E-state index is 0.0293. The molecule has 2 heterocycles. The van der Waals surface area contributed by atoms with Gasteiger partial charge in [0.05, 0.1) is 17.5 Å². The van der Waals surface area contributed by atoms with Crippen LogP contribution in [0.2, 0.25) is 0 Å². The van der Waals surface area contributed by atoms with Crippen molar-refractivity contribution in [2.45, 2.75) is 32.4 Å². The summed E-state index contributed by atoms with van der Waals surface area (Å²) in [6.07, 6.45) is 0.891. The molecule has 2 N–H and O–H groups in total. The van der Waals surface area contributed by atoms with Crippen molar-refractivity contribution in [1.82, 2.24) is 10.2 Å². The first-order valence-corrected chi connectivity index (χ1v) is 7.68. The molecule has 110 valence electrons. The molecule has 1 aliphatic rings. The van der Waals surface area contributed by atoms with E-state index in [1.165, 1.54) is 11.3 Å². The standard InChI is InChI=1S/C14H20N2O3S/c1-9-5-6-16(11(9)8-17)14(19)10(2)15-13(18)12-4-3-7-20-12/h3-4,7,9-11,17H,5-6,8H2,1-2H3,(H,15,18). The fourth-order valence-electron chi connectivity index (χ4n) is 2.55. The number of carbonyl (C=O) groups is 2. The topological polar surface area (TPSA) is 69.6 Å². The Morgan fingerprint density at radius 3 is 2.95 bits per heavy atom. The van der Waals surface area contributed by atoms with Crippen LogP contribution < -0.4 is 5.32 Å². The molecule has 3 unspecified atom stereocenters. The zero-order chi connectivity index (χ0) is 14.7. The molecule has 1 saturated heterocycles. The van der Waals surface area contributed by atoms with Crippen LogP contribution in [-0.2, 0) is 4.79 Å². The average Bonchev–Trinajstić information content (AvgIpc) is 3.06. The van der Waals surface area contributed by atoms with Gasteiger partial charge in [-0.15, -0.1) is 11.3 Å². The Labute approximate surface area is 122 Å². The maximum Gasteiger partial charge on any atom is 0.261 e. The van der Waals surface area contributed by atoms with Gasteiger partial charge >= 0.3 is 0 Å². The summed E-state index contributed by atoms with van der Waals surface area (Å²) in [5.41, 5.74) is 0. The molecule has 0 radical (unpaired) electrons. The van der Waals surface area contributed by atoms with Gasteiger partial charge in [-0.25, -0.2) is 0 Å². The second-order valence-electron chi connectivity index (χ2n) is 5.22. The number of aliphatic hydroxyl groups excluding tert-OH is 1. The van der Waals surface area contributed by atoms with E-state index in [1.807, 2.05) is 12.3 Å². The number of hydrogen-bond acceptors (Lipinski definition) is 4. The second kappa shape index (κ2) is 6.37. The molecule has 6 heteroatoms. The van der Waals surface area contributed by atoms with Gasteiger partial charge in [-0.05, 0) is 30.7 Å². The van der Waals surface area contributed by atoms with Gasteiger partial charge in [0.25, 0.3) is 5.91 Å². The van der Waals surface area contributed by atoms with Crippen LogP contribution in [0.3, 0.4) is 0 Å². The van der Waals surface area contributed by atoms with Crippen molar-refractivity contribution < 1.29 is 14.7 Å². The van der Waals surface area contributed by atoms with E-state index >= 15 is 0 Å². The van der Waals surface area contributed by atoms with E-state index in [2.05, 4.69) is 5.32 Å². The molecule has 20 heavy (non-hydrogen) atoms. The number of nitrogens with one attached hydrogen (secondary N) is 1. The highest BCUT2D eigenvalue weighted by Crippen LogP contribution is 2.24. The van der Waals surface area contributed by atoms with Crippen LogP contribution in [0.15, 0.2) is 17.5 Å². The lowest BCUT2D eigenvalue weighted by molar-refractivity contribution is -0.134. The van der Waals surface area contributed by atoms with E-state index in [1.54, 1.807) is 24.0 Å². The fraction of sp³-hybridized carbons (Fsp3) is 0.571. The van der Waals surface area contributed by atoms with Gasteiger partial charge in [0, 0.05) is 6.54 Å². The number of thiophene rings is 1. The Morgan fingerprint density at radius 2 is 2.35 bits per heavy atom. The first kappa shape index (κ1) is 15.0. The lowest BCUT2D eigenvalue weighted by Gasteiger charge is -2.28. The van der Waals surface area contributed by atoms with E-state index < -0.39 is 6.04 Å². The van der Waals surface area contributed by atoms with Gasteiger partial charge in [-0.2, -0.15) is 0 Å². The highest BCUT2D eigenvalue weighted by molar-refractivity contribution is 7.12. The van der Waals surface area contributed by atoms with Crippen LogP contribution in [0.5, 0.6) is 0 Å². The molecule has 1 fully saturated rings. The SMILES string of the molecule is CC(NC(=O)c1cccs1)C(=O)N1CCC(C)C1CO. The molecular formula is C14H20N2O3S. The first-order chi connectivity index (χ1) is 9.54. The van der Waals surface area contributed by atoms with Crippen molar-refractivity contribution >= 4 is 23.2 Å². The summed E-state index contributed by atoms with van der Waals surface area (Å²) in [7, 11) is 0. The molecule has 5 nitrogen and oxygen atoms in total. The average molecular weight is 296 g/mol. The molecule has 3 atom stereocenters. The van der Waals surface area contributed by atoms with Gasteiger partial charge in [0.15, 0.2) is 0 Å². The van der Waals surface area contributed by atoms with Crippen molar-refractivity contribution in [3.05, 3.63) is 22.4 Å². The lowest BCUT2D eigenvalue weighted by atomic mass is 10.0. The number of hydrogen-bond donors (Lipinski definition) is 2. The maximum absolute atomic E-state index is 12.4. The smallest absolute Gasteiger partial charge is 0.261 e. The van der Waals surface area contributed by atoms with Crippen LogP contribution >= 0.6 is 11.3 Å². The number of aliphatic hydroxyl groups is 1. The highest BCUT2D eigenvalue weighted by Gasteiger charge is 2.36. The molecule has 1 aromatic rings. The van der Waals surface area contributed by atoms with Crippen molar-refractivity contribution in [3.8, 4) is 0 Å². The van der Waals surface area contributed by atoms with Gasteiger partial charge in [0.2, 0.25) is 5.91 Å². The van der Waals surface area contributed by atoms with Crippen LogP contribution in [0.25, 0.3) is 0 Å². The quantitative estimate of drug-likeness (QED) is 0.874. The number of amides is 2. The number of nitrogens with zero attached hydrogens (tertiary/aromatic N) is 1. The Morgan fingerprint density at radius 1 is 1.60 bits per heavy atom. The third-order valence-electron chi connectivity index (χ3n) is 3.82. The van der Waals surface area contributed by atoms with E-state index in [0.717, 1.165) is 6.42 Å². The zero-order valence-corrected chi connectivity index (χ0v) is 12.5. The molecule has 0 bridgehead atoms. The van der Waals surface area contributed by atoms with Crippen molar-refractivity contribution in [2.24, 2.45) is 5.92 Å². The van der Waals surface area contributed by atoms with Gasteiger partial charge in [-0.1, -0.05) is 13.0 Å². The van der Waals surface area contributed by atoms with E-state index in [0.29, 0.717) is 17.3 Å². The molecule has 0 spiro atoms. The summed E-state index contributed by atoms with van der Waals surface area (Å²) < 4.78 is 0. The Hall–Kier alpha value is -1.40. The zero-order valence-electron chi connectivity index (χ0n) is 11.7. The summed E-state index contributed by atoms with van der Waals surface area (Å²) in [5, 5.41) is 13.9. The van der Waals surface area contributed by atoms with Crippen LogP contribution in [-0.4, -0.2) is 47.1 Å². The minimum Gasteiger partial charge on any atom is -0.394 e. The maximum atomic E-state index is 12.4. The second-order valence-corrected chi connectivity index (χ2v) is 6.17. The summed E-state index contributed by atoms with van der Waals surface area (Å²) in [6.45, 7) is 4.33. The van der Waals surface area contributed by atoms with E-state index in [-0.39, 0.29) is 24.5 Å². The van der Waals surface area contributed by atoms with Gasteiger partial charge in [0.1, 0.15) is 6.04 Å². The predicted molar refractivity (Wildman–Crippen MR) is 77.6 cm³/mol. The normalized spacial score (nSPS) is 23.6. The molecule has 2 amide bonds. The van der Waals surface area contributed by atoms with Crippen LogP contribution in [0, 0.1) is 5.92 Å². The molecule has 1 aliphatic heterocycles. The third-order valence-corrected chi connectivity index (χ3v) is 4.68. The molecule has 0 aromatic carbocycles. The Balaban J connectivity index is 1.97. The number of rotatable bonds is 4.